The maximum atomic E-state index is 12.3. The maximum absolute atomic E-state index is 12.3. The molecule has 5 heteroatoms. The number of ether oxygens (including phenoxy) is 1. The van der Waals surface area contributed by atoms with E-state index in [-0.39, 0.29) is 18.1 Å². The molecule has 1 aliphatic heterocycles. The molecule has 3 rings (SSSR count). The van der Waals surface area contributed by atoms with Gasteiger partial charge < -0.3 is 15.4 Å². The van der Waals surface area contributed by atoms with Crippen LogP contribution in [0.3, 0.4) is 0 Å². The van der Waals surface area contributed by atoms with Crippen molar-refractivity contribution in [2.45, 2.75) is 25.5 Å². The zero-order valence-corrected chi connectivity index (χ0v) is 12.2. The van der Waals surface area contributed by atoms with Crippen LogP contribution in [-0.4, -0.2) is 36.7 Å². The summed E-state index contributed by atoms with van der Waals surface area (Å²) in [6, 6.07) is 9.57. The van der Waals surface area contributed by atoms with E-state index in [0.717, 1.165) is 22.3 Å². The highest BCUT2D eigenvalue weighted by Gasteiger charge is 2.29. The van der Waals surface area contributed by atoms with Crippen LogP contribution in [0.25, 0.3) is 10.9 Å². The van der Waals surface area contributed by atoms with Crippen LogP contribution in [-0.2, 0) is 9.53 Å². The van der Waals surface area contributed by atoms with Crippen LogP contribution >= 0.6 is 0 Å². The molecule has 2 heterocycles. The molecule has 1 fully saturated rings. The number of aromatic nitrogens is 1. The Morgan fingerprint density at radius 3 is 3.00 bits per heavy atom. The molecular weight excluding hydrogens is 266 g/mol. The third-order valence-electron chi connectivity index (χ3n) is 3.86. The quantitative estimate of drug-likeness (QED) is 0.903. The van der Waals surface area contributed by atoms with E-state index in [0.29, 0.717) is 13.0 Å². The predicted molar refractivity (Wildman–Crippen MR) is 82.3 cm³/mol. The molecule has 0 aliphatic carbocycles. The number of pyridine rings is 1. The van der Waals surface area contributed by atoms with E-state index >= 15 is 0 Å². The molecular formula is C16H19N3O2. The van der Waals surface area contributed by atoms with Gasteiger partial charge in [-0.05, 0) is 25.5 Å². The number of carbonyl (C=O) groups excluding carboxylic acids is 1. The van der Waals surface area contributed by atoms with Gasteiger partial charge in [-0.15, -0.1) is 0 Å². The number of fused-ring (bicyclic) bond motifs is 1. The SMILES string of the molecule is COC1CNC(C(=O)Nc2cccc3ccc(C)nc23)C1. The van der Waals surface area contributed by atoms with Crippen molar-refractivity contribution in [1.82, 2.24) is 10.3 Å². The van der Waals surface area contributed by atoms with E-state index < -0.39 is 0 Å². The number of nitrogens with zero attached hydrogens (tertiary/aromatic N) is 1. The smallest absolute Gasteiger partial charge is 0.241 e. The number of aryl methyl sites for hydroxylation is 1. The molecule has 1 amide bonds. The molecule has 1 saturated heterocycles. The summed E-state index contributed by atoms with van der Waals surface area (Å²) in [5.41, 5.74) is 2.51. The van der Waals surface area contributed by atoms with Crippen LogP contribution in [0.15, 0.2) is 30.3 Å². The zero-order valence-electron chi connectivity index (χ0n) is 12.2. The van der Waals surface area contributed by atoms with Crippen LogP contribution in [0, 0.1) is 6.92 Å². The second-order valence-corrected chi connectivity index (χ2v) is 5.37. The molecule has 0 saturated carbocycles. The average Bonchev–Trinajstić information content (AvgIpc) is 2.97. The lowest BCUT2D eigenvalue weighted by atomic mass is 10.1. The normalized spacial score (nSPS) is 21.6. The number of amides is 1. The minimum atomic E-state index is -0.213. The molecule has 21 heavy (non-hydrogen) atoms. The third kappa shape index (κ3) is 2.89. The summed E-state index contributed by atoms with van der Waals surface area (Å²) in [4.78, 5) is 16.9. The Labute approximate surface area is 123 Å². The van der Waals surface area contributed by atoms with Gasteiger partial charge in [0, 0.05) is 24.7 Å². The summed E-state index contributed by atoms with van der Waals surface area (Å²) in [7, 11) is 1.67. The fourth-order valence-corrected chi connectivity index (χ4v) is 2.65. The van der Waals surface area contributed by atoms with Gasteiger partial charge in [-0.2, -0.15) is 0 Å². The fourth-order valence-electron chi connectivity index (χ4n) is 2.65. The van der Waals surface area contributed by atoms with E-state index in [1.165, 1.54) is 0 Å². The molecule has 5 nitrogen and oxygen atoms in total. The van der Waals surface area contributed by atoms with Gasteiger partial charge in [-0.25, -0.2) is 0 Å². The first-order chi connectivity index (χ1) is 10.2. The Morgan fingerprint density at radius 1 is 1.38 bits per heavy atom. The summed E-state index contributed by atoms with van der Waals surface area (Å²) in [5.74, 6) is -0.0367. The van der Waals surface area contributed by atoms with Gasteiger partial charge in [0.2, 0.25) is 5.91 Å². The van der Waals surface area contributed by atoms with Gasteiger partial charge in [0.05, 0.1) is 23.3 Å². The van der Waals surface area contributed by atoms with Crippen molar-refractivity contribution in [3.8, 4) is 0 Å². The van der Waals surface area contributed by atoms with Crippen LogP contribution in [0.4, 0.5) is 5.69 Å². The van der Waals surface area contributed by atoms with Gasteiger partial charge in [-0.1, -0.05) is 18.2 Å². The Bertz CT molecular complexity index is 672. The first-order valence-corrected chi connectivity index (χ1v) is 7.11. The lowest BCUT2D eigenvalue weighted by Crippen LogP contribution is -2.35. The number of methoxy groups -OCH3 is 1. The molecule has 1 aliphatic rings. The highest BCUT2D eigenvalue weighted by Crippen LogP contribution is 2.22. The van der Waals surface area contributed by atoms with Crippen molar-refractivity contribution >= 4 is 22.5 Å². The highest BCUT2D eigenvalue weighted by molar-refractivity contribution is 6.02. The van der Waals surface area contributed by atoms with Crippen LogP contribution in [0.2, 0.25) is 0 Å². The lowest BCUT2D eigenvalue weighted by molar-refractivity contribution is -0.117. The van der Waals surface area contributed by atoms with E-state index in [1.54, 1.807) is 7.11 Å². The molecule has 1 aromatic carbocycles. The number of para-hydroxylation sites is 1. The second kappa shape index (κ2) is 5.79. The Morgan fingerprint density at radius 2 is 2.24 bits per heavy atom. The molecule has 2 unspecified atom stereocenters. The minimum Gasteiger partial charge on any atom is -0.380 e. The number of carbonyl (C=O) groups is 1. The number of rotatable bonds is 3. The van der Waals surface area contributed by atoms with Gasteiger partial charge >= 0.3 is 0 Å². The molecule has 2 N–H and O–H groups in total. The molecule has 0 spiro atoms. The molecule has 2 aromatic rings. The number of nitrogens with one attached hydrogen (secondary N) is 2. The number of benzene rings is 1. The molecule has 1 aromatic heterocycles. The van der Waals surface area contributed by atoms with Crippen LogP contribution < -0.4 is 10.6 Å². The second-order valence-electron chi connectivity index (χ2n) is 5.37. The van der Waals surface area contributed by atoms with E-state index in [1.807, 2.05) is 37.3 Å². The summed E-state index contributed by atoms with van der Waals surface area (Å²) in [5, 5.41) is 7.18. The summed E-state index contributed by atoms with van der Waals surface area (Å²) < 4.78 is 5.27. The van der Waals surface area contributed by atoms with Crippen molar-refractivity contribution < 1.29 is 9.53 Å². The maximum Gasteiger partial charge on any atom is 0.241 e. The molecule has 110 valence electrons. The van der Waals surface area contributed by atoms with Crippen molar-refractivity contribution in [1.29, 1.82) is 0 Å². The van der Waals surface area contributed by atoms with Gasteiger partial charge in [0.15, 0.2) is 0 Å². The first-order valence-electron chi connectivity index (χ1n) is 7.11. The van der Waals surface area contributed by atoms with Crippen molar-refractivity contribution in [2.24, 2.45) is 0 Å². The van der Waals surface area contributed by atoms with E-state index in [9.17, 15) is 4.79 Å². The Balaban J connectivity index is 1.82. The summed E-state index contributed by atoms with van der Waals surface area (Å²) in [6.07, 6.45) is 0.799. The molecule has 0 radical (unpaired) electrons. The summed E-state index contributed by atoms with van der Waals surface area (Å²) >= 11 is 0. The third-order valence-corrected chi connectivity index (χ3v) is 3.86. The van der Waals surface area contributed by atoms with Gasteiger partial charge in [0.25, 0.3) is 0 Å². The van der Waals surface area contributed by atoms with Gasteiger partial charge in [-0.3, -0.25) is 9.78 Å². The van der Waals surface area contributed by atoms with Crippen LogP contribution in [0.1, 0.15) is 12.1 Å². The highest BCUT2D eigenvalue weighted by atomic mass is 16.5. The van der Waals surface area contributed by atoms with E-state index in [4.69, 9.17) is 4.74 Å². The molecule has 0 bridgehead atoms. The monoisotopic (exact) mass is 285 g/mol. The minimum absolute atomic E-state index is 0.0367. The zero-order chi connectivity index (χ0) is 14.8. The lowest BCUT2D eigenvalue weighted by Gasteiger charge is -2.13. The van der Waals surface area contributed by atoms with E-state index in [2.05, 4.69) is 15.6 Å². The van der Waals surface area contributed by atoms with Crippen LogP contribution in [0.5, 0.6) is 0 Å². The van der Waals surface area contributed by atoms with Crippen molar-refractivity contribution in [3.63, 3.8) is 0 Å². The number of hydrogen-bond acceptors (Lipinski definition) is 4. The Kier molecular flexibility index (Phi) is 3.86. The number of hydrogen-bond donors (Lipinski definition) is 2. The summed E-state index contributed by atoms with van der Waals surface area (Å²) in [6.45, 7) is 2.65. The van der Waals surface area contributed by atoms with Crippen molar-refractivity contribution in [2.75, 3.05) is 19.0 Å². The predicted octanol–water partition coefficient (Wildman–Crippen LogP) is 1.86. The standard InChI is InChI=1S/C16H19N3O2/c1-10-6-7-11-4-3-5-13(15(11)18-10)19-16(20)14-8-12(21-2)9-17-14/h3-7,12,14,17H,8-9H2,1-2H3,(H,19,20). The fraction of sp³-hybridized carbons (Fsp3) is 0.375. The first kappa shape index (κ1) is 14.0. The Hall–Kier alpha value is -1.98. The van der Waals surface area contributed by atoms with Crippen molar-refractivity contribution in [3.05, 3.63) is 36.0 Å². The number of anilines is 1. The van der Waals surface area contributed by atoms with Gasteiger partial charge in [0.1, 0.15) is 0 Å². The molecule has 2 atom stereocenters. The largest absolute Gasteiger partial charge is 0.380 e. The average molecular weight is 285 g/mol. The topological polar surface area (TPSA) is 63.2 Å².